The normalized spacial score (nSPS) is 9.38. The van der Waals surface area contributed by atoms with Gasteiger partial charge in [0.15, 0.2) is 0 Å². The van der Waals surface area contributed by atoms with Crippen LogP contribution in [0.2, 0.25) is 0 Å². The van der Waals surface area contributed by atoms with Crippen LogP contribution in [0.1, 0.15) is 13.8 Å². The Morgan fingerprint density at radius 1 is 1.75 bits per heavy atom. The van der Waals surface area contributed by atoms with E-state index in [1.807, 2.05) is 13.8 Å². The lowest BCUT2D eigenvalue weighted by Gasteiger charge is -2.00. The van der Waals surface area contributed by atoms with Crippen molar-refractivity contribution in [2.45, 2.75) is 13.8 Å². The molecule has 0 aromatic heterocycles. The first-order valence-electron chi connectivity index (χ1n) is 2.68. The van der Waals surface area contributed by atoms with Gasteiger partial charge in [-0.3, -0.25) is 4.99 Å². The standard InChI is InChI=1S/C6H12N2/c1-5(2)6(7)4-8-3/h5,7H,3-4H2,1-2H3. The Labute approximate surface area is 50.1 Å². The molecule has 0 aromatic rings. The zero-order valence-corrected chi connectivity index (χ0v) is 5.44. The molecule has 0 saturated heterocycles. The first kappa shape index (κ1) is 7.34. The van der Waals surface area contributed by atoms with Crippen LogP contribution in [0.15, 0.2) is 4.99 Å². The average Bonchev–Trinajstić information content (AvgIpc) is 1.67. The summed E-state index contributed by atoms with van der Waals surface area (Å²) >= 11 is 0. The number of aliphatic imine (C=N–C) groups is 1. The lowest BCUT2D eigenvalue weighted by atomic mass is 10.1. The van der Waals surface area contributed by atoms with Crippen LogP contribution in [-0.4, -0.2) is 19.0 Å². The van der Waals surface area contributed by atoms with Crippen LogP contribution in [0.4, 0.5) is 0 Å². The van der Waals surface area contributed by atoms with Crippen molar-refractivity contribution < 1.29 is 0 Å². The van der Waals surface area contributed by atoms with E-state index in [1.165, 1.54) is 0 Å². The molecule has 0 aliphatic carbocycles. The molecule has 0 aliphatic heterocycles. The molecule has 0 rings (SSSR count). The molecule has 0 fully saturated rings. The maximum Gasteiger partial charge on any atom is 0.0760 e. The summed E-state index contributed by atoms with van der Waals surface area (Å²) in [5, 5.41) is 7.21. The number of nitrogens with zero attached hydrogens (tertiary/aromatic N) is 1. The molecule has 2 heteroatoms. The molecule has 0 bridgehead atoms. The summed E-state index contributed by atoms with van der Waals surface area (Å²) < 4.78 is 0. The highest BCUT2D eigenvalue weighted by Gasteiger charge is 1.98. The van der Waals surface area contributed by atoms with Crippen LogP contribution >= 0.6 is 0 Å². The highest BCUT2D eigenvalue weighted by Crippen LogP contribution is 1.93. The van der Waals surface area contributed by atoms with Gasteiger partial charge < -0.3 is 5.41 Å². The Morgan fingerprint density at radius 2 is 2.25 bits per heavy atom. The lowest BCUT2D eigenvalue weighted by molar-refractivity contribution is 0.857. The molecule has 0 saturated carbocycles. The first-order valence-corrected chi connectivity index (χ1v) is 2.68. The minimum atomic E-state index is 0.320. The number of nitrogens with one attached hydrogen (secondary N) is 1. The second-order valence-electron chi connectivity index (χ2n) is 2.06. The SMILES string of the molecule is C=NCC(=N)C(C)C. The van der Waals surface area contributed by atoms with E-state index in [4.69, 9.17) is 5.41 Å². The summed E-state index contributed by atoms with van der Waals surface area (Å²) in [6.45, 7) is 7.74. The van der Waals surface area contributed by atoms with Crippen molar-refractivity contribution in [1.29, 1.82) is 5.41 Å². The van der Waals surface area contributed by atoms with E-state index in [0.717, 1.165) is 0 Å². The van der Waals surface area contributed by atoms with E-state index in [0.29, 0.717) is 18.2 Å². The molecule has 0 heterocycles. The van der Waals surface area contributed by atoms with Crippen LogP contribution in [-0.2, 0) is 0 Å². The topological polar surface area (TPSA) is 36.2 Å². The highest BCUT2D eigenvalue weighted by molar-refractivity contribution is 5.85. The van der Waals surface area contributed by atoms with Crippen molar-refractivity contribution in [3.8, 4) is 0 Å². The maximum atomic E-state index is 7.21. The van der Waals surface area contributed by atoms with Gasteiger partial charge in [0.2, 0.25) is 0 Å². The zero-order chi connectivity index (χ0) is 6.57. The molecular formula is C6H12N2. The van der Waals surface area contributed by atoms with E-state index in [2.05, 4.69) is 11.7 Å². The molecule has 0 aliphatic rings. The zero-order valence-electron chi connectivity index (χ0n) is 5.44. The molecule has 2 nitrogen and oxygen atoms in total. The highest BCUT2D eigenvalue weighted by atomic mass is 14.7. The van der Waals surface area contributed by atoms with Crippen LogP contribution in [0.25, 0.3) is 0 Å². The van der Waals surface area contributed by atoms with E-state index < -0.39 is 0 Å². The van der Waals surface area contributed by atoms with E-state index in [9.17, 15) is 0 Å². The number of hydrogen-bond acceptors (Lipinski definition) is 2. The average molecular weight is 112 g/mol. The quantitative estimate of drug-likeness (QED) is 0.535. The van der Waals surface area contributed by atoms with Crippen LogP contribution in [0.5, 0.6) is 0 Å². The first-order chi connectivity index (χ1) is 3.68. The Morgan fingerprint density at radius 3 is 2.38 bits per heavy atom. The summed E-state index contributed by atoms with van der Waals surface area (Å²) in [4.78, 5) is 3.58. The van der Waals surface area contributed by atoms with Gasteiger partial charge in [-0.2, -0.15) is 0 Å². The van der Waals surface area contributed by atoms with E-state index >= 15 is 0 Å². The fourth-order valence-electron chi connectivity index (χ4n) is 0.303. The monoisotopic (exact) mass is 112 g/mol. The van der Waals surface area contributed by atoms with Gasteiger partial charge in [0, 0.05) is 5.71 Å². The van der Waals surface area contributed by atoms with Gasteiger partial charge in [0.05, 0.1) is 6.54 Å². The third kappa shape index (κ3) is 2.50. The van der Waals surface area contributed by atoms with Gasteiger partial charge in [0.1, 0.15) is 0 Å². The minimum Gasteiger partial charge on any atom is -0.307 e. The third-order valence-electron chi connectivity index (χ3n) is 0.979. The van der Waals surface area contributed by atoms with E-state index in [1.54, 1.807) is 0 Å². The van der Waals surface area contributed by atoms with Gasteiger partial charge >= 0.3 is 0 Å². The predicted molar refractivity (Wildman–Crippen MR) is 37.0 cm³/mol. The molecule has 0 unspecified atom stereocenters. The van der Waals surface area contributed by atoms with Crippen LogP contribution in [0.3, 0.4) is 0 Å². The van der Waals surface area contributed by atoms with Gasteiger partial charge in [0.25, 0.3) is 0 Å². The molecule has 0 aromatic carbocycles. The summed E-state index contributed by atoms with van der Waals surface area (Å²) in [7, 11) is 0. The smallest absolute Gasteiger partial charge is 0.0760 e. The fourth-order valence-corrected chi connectivity index (χ4v) is 0.303. The summed E-state index contributed by atoms with van der Waals surface area (Å²) in [5.74, 6) is 0.320. The Bertz CT molecular complexity index is 94.7. The minimum absolute atomic E-state index is 0.320. The van der Waals surface area contributed by atoms with Crippen molar-refractivity contribution in [1.82, 2.24) is 0 Å². The second kappa shape index (κ2) is 3.36. The third-order valence-corrected chi connectivity index (χ3v) is 0.979. The Kier molecular flexibility index (Phi) is 3.08. The summed E-state index contributed by atoms with van der Waals surface area (Å²) in [5.41, 5.74) is 0.653. The summed E-state index contributed by atoms with van der Waals surface area (Å²) in [6.07, 6.45) is 0. The van der Waals surface area contributed by atoms with Crippen molar-refractivity contribution >= 4 is 12.4 Å². The second-order valence-corrected chi connectivity index (χ2v) is 2.06. The van der Waals surface area contributed by atoms with E-state index in [-0.39, 0.29) is 0 Å². The molecule has 0 amide bonds. The van der Waals surface area contributed by atoms with Crippen LogP contribution < -0.4 is 0 Å². The molecule has 1 N–H and O–H groups in total. The largest absolute Gasteiger partial charge is 0.307 e. The van der Waals surface area contributed by atoms with Gasteiger partial charge in [-0.15, -0.1) is 0 Å². The number of hydrogen-bond donors (Lipinski definition) is 1. The molecule has 0 spiro atoms. The van der Waals surface area contributed by atoms with Gasteiger partial charge in [-0.25, -0.2) is 0 Å². The Balaban J connectivity index is 3.48. The number of rotatable bonds is 3. The van der Waals surface area contributed by atoms with Gasteiger partial charge in [-0.1, -0.05) is 13.8 Å². The lowest BCUT2D eigenvalue weighted by Crippen LogP contribution is -2.08. The van der Waals surface area contributed by atoms with Crippen LogP contribution in [0, 0.1) is 11.3 Å². The molecular weight excluding hydrogens is 100 g/mol. The van der Waals surface area contributed by atoms with Crippen molar-refractivity contribution in [3.63, 3.8) is 0 Å². The fraction of sp³-hybridized carbons (Fsp3) is 0.667. The van der Waals surface area contributed by atoms with Crippen molar-refractivity contribution in [2.75, 3.05) is 6.54 Å². The summed E-state index contributed by atoms with van der Waals surface area (Å²) in [6, 6.07) is 0. The molecule has 0 atom stereocenters. The molecule has 46 valence electrons. The van der Waals surface area contributed by atoms with Gasteiger partial charge in [-0.05, 0) is 12.6 Å². The Hall–Kier alpha value is -0.660. The maximum absolute atomic E-state index is 7.21. The van der Waals surface area contributed by atoms with Crippen molar-refractivity contribution in [3.05, 3.63) is 0 Å². The molecule has 8 heavy (non-hydrogen) atoms. The van der Waals surface area contributed by atoms with Crippen molar-refractivity contribution in [2.24, 2.45) is 10.9 Å². The predicted octanol–water partition coefficient (Wildman–Crippen LogP) is 1.36. The molecule has 0 radical (unpaired) electrons.